The number of aryl methyl sites for hydroxylation is 2. The van der Waals surface area contributed by atoms with Gasteiger partial charge in [0.05, 0.1) is 6.20 Å². The predicted octanol–water partition coefficient (Wildman–Crippen LogP) is 2.08. The fraction of sp³-hybridized carbons (Fsp3) is 0.750. The highest BCUT2D eigenvalue weighted by molar-refractivity contribution is 7.98. The molecule has 4 heteroatoms. The first-order valence-electron chi connectivity index (χ1n) is 5.96. The van der Waals surface area contributed by atoms with Crippen molar-refractivity contribution in [3.8, 4) is 0 Å². The number of thioether (sulfide) groups is 1. The third kappa shape index (κ3) is 5.03. The van der Waals surface area contributed by atoms with E-state index in [1.807, 2.05) is 29.7 Å². The molecule has 1 unspecified atom stereocenters. The van der Waals surface area contributed by atoms with Crippen LogP contribution in [-0.4, -0.2) is 34.4 Å². The van der Waals surface area contributed by atoms with Gasteiger partial charge in [0.15, 0.2) is 0 Å². The predicted molar refractivity (Wildman–Crippen MR) is 72.0 cm³/mol. The second kappa shape index (κ2) is 7.74. The Morgan fingerprint density at radius 1 is 1.56 bits per heavy atom. The largest absolute Gasteiger partial charge is 0.313 e. The lowest BCUT2D eigenvalue weighted by atomic mass is 10.1. The van der Waals surface area contributed by atoms with Crippen molar-refractivity contribution in [2.45, 2.75) is 32.2 Å². The first-order valence-corrected chi connectivity index (χ1v) is 7.35. The molecule has 0 aromatic carbocycles. The van der Waals surface area contributed by atoms with Gasteiger partial charge in [0.1, 0.15) is 0 Å². The summed E-state index contributed by atoms with van der Waals surface area (Å²) in [6.45, 7) is 3.34. The lowest BCUT2D eigenvalue weighted by Gasteiger charge is -2.16. The van der Waals surface area contributed by atoms with Gasteiger partial charge in [0.2, 0.25) is 0 Å². The maximum Gasteiger partial charge on any atom is 0.0521 e. The van der Waals surface area contributed by atoms with Crippen LogP contribution in [0.15, 0.2) is 12.4 Å². The summed E-state index contributed by atoms with van der Waals surface area (Å²) in [6, 6.07) is 0.634. The summed E-state index contributed by atoms with van der Waals surface area (Å²) in [7, 11) is 1.97. The molecule has 0 fully saturated rings. The average Bonchev–Trinajstić information content (AvgIpc) is 2.68. The molecule has 0 aliphatic carbocycles. The van der Waals surface area contributed by atoms with Crippen molar-refractivity contribution < 1.29 is 0 Å². The molecule has 1 rings (SSSR count). The highest BCUT2D eigenvalue weighted by atomic mass is 32.2. The SMILES string of the molecule is CCCNC(CCc1cnn(C)c1)CSC. The monoisotopic (exact) mass is 241 g/mol. The Morgan fingerprint density at radius 3 is 2.94 bits per heavy atom. The molecule has 1 N–H and O–H groups in total. The van der Waals surface area contributed by atoms with Crippen LogP contribution in [0.3, 0.4) is 0 Å². The number of rotatable bonds is 8. The lowest BCUT2D eigenvalue weighted by molar-refractivity contribution is 0.520. The molecule has 0 saturated carbocycles. The van der Waals surface area contributed by atoms with Crippen molar-refractivity contribution in [2.24, 2.45) is 7.05 Å². The Morgan fingerprint density at radius 2 is 2.38 bits per heavy atom. The van der Waals surface area contributed by atoms with Gasteiger partial charge in [-0.05, 0) is 37.6 Å². The van der Waals surface area contributed by atoms with E-state index in [0.29, 0.717) is 6.04 Å². The summed E-state index contributed by atoms with van der Waals surface area (Å²) in [6.07, 6.45) is 9.77. The Bertz CT molecular complexity index is 286. The molecule has 16 heavy (non-hydrogen) atoms. The first kappa shape index (κ1) is 13.6. The molecule has 3 nitrogen and oxygen atoms in total. The zero-order valence-electron chi connectivity index (χ0n) is 10.6. The van der Waals surface area contributed by atoms with E-state index < -0.39 is 0 Å². The maximum atomic E-state index is 4.19. The standard InChI is InChI=1S/C12H23N3S/c1-4-7-13-12(10-16-3)6-5-11-8-14-15(2)9-11/h8-9,12-13H,4-7,10H2,1-3H3. The third-order valence-corrected chi connectivity index (χ3v) is 3.33. The second-order valence-electron chi connectivity index (χ2n) is 4.17. The van der Waals surface area contributed by atoms with Gasteiger partial charge < -0.3 is 5.32 Å². The van der Waals surface area contributed by atoms with Crippen molar-refractivity contribution in [3.63, 3.8) is 0 Å². The molecule has 0 aliphatic rings. The molecule has 0 bridgehead atoms. The van der Waals surface area contributed by atoms with Crippen LogP contribution in [0.1, 0.15) is 25.3 Å². The van der Waals surface area contributed by atoms with Crippen LogP contribution < -0.4 is 5.32 Å². The molecule has 1 aromatic heterocycles. The normalized spacial score (nSPS) is 12.9. The molecule has 1 heterocycles. The van der Waals surface area contributed by atoms with Crippen molar-refractivity contribution in [2.75, 3.05) is 18.6 Å². The quantitative estimate of drug-likeness (QED) is 0.756. The van der Waals surface area contributed by atoms with E-state index >= 15 is 0 Å². The Kier molecular flexibility index (Phi) is 6.57. The highest BCUT2D eigenvalue weighted by Gasteiger charge is 2.07. The van der Waals surface area contributed by atoms with Gasteiger partial charge in [-0.15, -0.1) is 0 Å². The van der Waals surface area contributed by atoms with Crippen molar-refractivity contribution in [1.82, 2.24) is 15.1 Å². The summed E-state index contributed by atoms with van der Waals surface area (Å²) in [4.78, 5) is 0. The summed E-state index contributed by atoms with van der Waals surface area (Å²) in [5, 5.41) is 7.79. The minimum absolute atomic E-state index is 0.634. The van der Waals surface area contributed by atoms with Crippen LogP contribution in [0.2, 0.25) is 0 Å². The van der Waals surface area contributed by atoms with Crippen LogP contribution in [0.4, 0.5) is 0 Å². The van der Waals surface area contributed by atoms with Gasteiger partial charge >= 0.3 is 0 Å². The van der Waals surface area contributed by atoms with E-state index in [1.54, 1.807) is 0 Å². The summed E-state index contributed by atoms with van der Waals surface area (Å²) in [5.41, 5.74) is 1.34. The van der Waals surface area contributed by atoms with Crippen LogP contribution >= 0.6 is 11.8 Å². The Hall–Kier alpha value is -0.480. The van der Waals surface area contributed by atoms with E-state index in [-0.39, 0.29) is 0 Å². The smallest absolute Gasteiger partial charge is 0.0521 e. The third-order valence-electron chi connectivity index (χ3n) is 2.59. The fourth-order valence-corrected chi connectivity index (χ4v) is 2.42. The van der Waals surface area contributed by atoms with Gasteiger partial charge in [-0.1, -0.05) is 6.92 Å². The molecule has 1 aromatic rings. The van der Waals surface area contributed by atoms with Gasteiger partial charge in [-0.3, -0.25) is 4.68 Å². The number of hydrogen-bond donors (Lipinski definition) is 1. The first-order chi connectivity index (χ1) is 7.76. The summed E-state index contributed by atoms with van der Waals surface area (Å²) >= 11 is 1.92. The molecular formula is C12H23N3S. The maximum absolute atomic E-state index is 4.19. The van der Waals surface area contributed by atoms with E-state index in [2.05, 4.69) is 29.8 Å². The van der Waals surface area contributed by atoms with Gasteiger partial charge in [-0.25, -0.2) is 0 Å². The number of nitrogens with zero attached hydrogens (tertiary/aromatic N) is 2. The molecular weight excluding hydrogens is 218 g/mol. The molecule has 92 valence electrons. The van der Waals surface area contributed by atoms with Gasteiger partial charge in [-0.2, -0.15) is 16.9 Å². The van der Waals surface area contributed by atoms with E-state index in [1.165, 1.54) is 24.2 Å². The van der Waals surface area contributed by atoms with E-state index in [9.17, 15) is 0 Å². The van der Waals surface area contributed by atoms with Crippen molar-refractivity contribution in [1.29, 1.82) is 0 Å². The fourth-order valence-electron chi connectivity index (χ4n) is 1.74. The Labute approximate surface area is 103 Å². The lowest BCUT2D eigenvalue weighted by Crippen LogP contribution is -2.32. The van der Waals surface area contributed by atoms with Crippen LogP contribution in [-0.2, 0) is 13.5 Å². The molecule has 0 amide bonds. The molecule has 0 spiro atoms. The highest BCUT2D eigenvalue weighted by Crippen LogP contribution is 2.07. The van der Waals surface area contributed by atoms with Gasteiger partial charge in [0, 0.05) is 25.0 Å². The number of nitrogens with one attached hydrogen (secondary N) is 1. The molecule has 1 atom stereocenters. The molecule has 0 aliphatic heterocycles. The van der Waals surface area contributed by atoms with Crippen LogP contribution in [0, 0.1) is 0 Å². The average molecular weight is 241 g/mol. The zero-order chi connectivity index (χ0) is 11.8. The van der Waals surface area contributed by atoms with Crippen LogP contribution in [0.5, 0.6) is 0 Å². The zero-order valence-corrected chi connectivity index (χ0v) is 11.4. The van der Waals surface area contributed by atoms with Crippen LogP contribution in [0.25, 0.3) is 0 Å². The van der Waals surface area contributed by atoms with Crippen molar-refractivity contribution >= 4 is 11.8 Å². The topological polar surface area (TPSA) is 29.9 Å². The summed E-state index contributed by atoms with van der Waals surface area (Å²) in [5.74, 6) is 1.19. The molecule has 0 radical (unpaired) electrons. The van der Waals surface area contributed by atoms with Crippen molar-refractivity contribution in [3.05, 3.63) is 18.0 Å². The Balaban J connectivity index is 2.30. The second-order valence-corrected chi connectivity index (χ2v) is 5.08. The number of aromatic nitrogens is 2. The summed E-state index contributed by atoms with van der Waals surface area (Å²) < 4.78 is 1.87. The minimum atomic E-state index is 0.634. The van der Waals surface area contributed by atoms with E-state index in [0.717, 1.165) is 13.0 Å². The number of hydrogen-bond acceptors (Lipinski definition) is 3. The van der Waals surface area contributed by atoms with E-state index in [4.69, 9.17) is 0 Å². The molecule has 0 saturated heterocycles. The minimum Gasteiger partial charge on any atom is -0.313 e. The van der Waals surface area contributed by atoms with Gasteiger partial charge in [0.25, 0.3) is 0 Å².